The number of fused-ring (bicyclic) bond motifs is 1. The molecule has 0 atom stereocenters. The van der Waals surface area contributed by atoms with Gasteiger partial charge in [-0.3, -0.25) is 14.4 Å². The zero-order valence-corrected chi connectivity index (χ0v) is 16.6. The zero-order chi connectivity index (χ0) is 20.6. The number of hydrogen-bond acceptors (Lipinski definition) is 4. The van der Waals surface area contributed by atoms with Crippen molar-refractivity contribution in [1.29, 1.82) is 0 Å². The molecule has 0 fully saturated rings. The third kappa shape index (κ3) is 5.64. The molecule has 0 radical (unpaired) electrons. The molecule has 1 N–H and O–H groups in total. The summed E-state index contributed by atoms with van der Waals surface area (Å²) in [5.41, 5.74) is 1.59. The minimum atomic E-state index is -0.287. The van der Waals surface area contributed by atoms with Crippen LogP contribution in [0.1, 0.15) is 45.4 Å². The first-order valence-electron chi connectivity index (χ1n) is 9.92. The Labute approximate surface area is 170 Å². The summed E-state index contributed by atoms with van der Waals surface area (Å²) in [5.74, 6) is 0.294. The number of rotatable bonds is 8. The van der Waals surface area contributed by atoms with E-state index in [4.69, 9.17) is 4.74 Å². The number of Topliss-reactive ketones (excluding diaryl/α,β-unsaturated/α-hetero) is 1. The standard InChI is InChI=1S/C24H25NO4/c1-17(26)25-21-15-16-23(20-12-7-6-11-19(20)21)29-24(28)14-5-3-2-4-9-18-10-8-13-22(18)27/h2,4,6-7,10-12,15-16H,3,5,8-9,13-14H2,1H3,(H,25,26). The molecule has 0 saturated carbocycles. The van der Waals surface area contributed by atoms with Gasteiger partial charge in [-0.15, -0.1) is 0 Å². The zero-order valence-electron chi connectivity index (χ0n) is 16.6. The summed E-state index contributed by atoms with van der Waals surface area (Å²) in [6.45, 7) is 1.46. The van der Waals surface area contributed by atoms with Crippen molar-refractivity contribution in [1.82, 2.24) is 0 Å². The van der Waals surface area contributed by atoms with Crippen LogP contribution < -0.4 is 10.1 Å². The Hall–Kier alpha value is -3.21. The van der Waals surface area contributed by atoms with E-state index in [2.05, 4.69) is 5.32 Å². The van der Waals surface area contributed by atoms with Gasteiger partial charge in [0, 0.05) is 36.2 Å². The van der Waals surface area contributed by atoms with Gasteiger partial charge >= 0.3 is 5.97 Å². The maximum atomic E-state index is 12.2. The summed E-state index contributed by atoms with van der Waals surface area (Å²) in [6, 6.07) is 10.9. The van der Waals surface area contributed by atoms with Crippen molar-refractivity contribution in [3.8, 4) is 5.75 Å². The monoisotopic (exact) mass is 391 g/mol. The van der Waals surface area contributed by atoms with Crippen LogP contribution in [0, 0.1) is 0 Å². The summed E-state index contributed by atoms with van der Waals surface area (Å²) in [5, 5.41) is 4.40. The van der Waals surface area contributed by atoms with Crippen LogP contribution >= 0.6 is 0 Å². The largest absolute Gasteiger partial charge is 0.426 e. The summed E-state index contributed by atoms with van der Waals surface area (Å²) in [7, 11) is 0. The second-order valence-electron chi connectivity index (χ2n) is 7.07. The summed E-state index contributed by atoms with van der Waals surface area (Å²) < 4.78 is 5.56. The van der Waals surface area contributed by atoms with Crippen LogP contribution in [0.15, 0.2) is 60.2 Å². The first-order valence-corrected chi connectivity index (χ1v) is 9.92. The SMILES string of the molecule is CC(=O)Nc1ccc(OC(=O)CCCC=CCC2=CCCC2=O)c2ccccc12. The van der Waals surface area contributed by atoms with Gasteiger partial charge in [-0.25, -0.2) is 0 Å². The lowest BCUT2D eigenvalue weighted by Gasteiger charge is -2.11. The normalized spacial score (nSPS) is 13.7. The van der Waals surface area contributed by atoms with Crippen LogP contribution in [0.2, 0.25) is 0 Å². The van der Waals surface area contributed by atoms with Gasteiger partial charge in [-0.2, -0.15) is 0 Å². The molecular weight excluding hydrogens is 366 g/mol. The molecule has 1 amide bonds. The van der Waals surface area contributed by atoms with Crippen LogP contribution in [0.4, 0.5) is 5.69 Å². The minimum Gasteiger partial charge on any atom is -0.426 e. The number of hydrogen-bond donors (Lipinski definition) is 1. The molecular formula is C24H25NO4. The highest BCUT2D eigenvalue weighted by Gasteiger charge is 2.13. The van der Waals surface area contributed by atoms with Crippen LogP contribution in [0.3, 0.4) is 0 Å². The second kappa shape index (κ2) is 9.82. The van der Waals surface area contributed by atoms with Crippen molar-refractivity contribution in [2.75, 3.05) is 5.32 Å². The molecule has 2 aromatic carbocycles. The lowest BCUT2D eigenvalue weighted by atomic mass is 10.1. The van der Waals surface area contributed by atoms with E-state index in [1.54, 1.807) is 12.1 Å². The Morgan fingerprint density at radius 3 is 2.62 bits per heavy atom. The first kappa shape index (κ1) is 20.5. The topological polar surface area (TPSA) is 72.5 Å². The van der Waals surface area contributed by atoms with Crippen LogP contribution in [0.25, 0.3) is 10.8 Å². The molecule has 2 aromatic rings. The number of ether oxygens (including phenoxy) is 1. The highest BCUT2D eigenvalue weighted by Crippen LogP contribution is 2.32. The molecule has 0 heterocycles. The Bertz CT molecular complexity index is 988. The molecule has 0 aromatic heterocycles. The van der Waals surface area contributed by atoms with E-state index in [1.807, 2.05) is 42.5 Å². The van der Waals surface area contributed by atoms with Gasteiger partial charge in [0.1, 0.15) is 5.75 Å². The molecule has 0 spiro atoms. The van der Waals surface area contributed by atoms with Crippen LogP contribution in [-0.4, -0.2) is 17.7 Å². The average Bonchev–Trinajstić information content (AvgIpc) is 3.11. The maximum Gasteiger partial charge on any atom is 0.311 e. The van der Waals surface area contributed by atoms with Gasteiger partial charge in [0.15, 0.2) is 5.78 Å². The predicted octanol–water partition coefficient (Wildman–Crippen LogP) is 5.11. The highest BCUT2D eigenvalue weighted by molar-refractivity contribution is 6.04. The number of esters is 1. The van der Waals surface area contributed by atoms with Crippen LogP contribution in [0.5, 0.6) is 5.75 Å². The third-order valence-electron chi connectivity index (χ3n) is 4.79. The molecule has 0 unspecified atom stereocenters. The fourth-order valence-corrected chi connectivity index (χ4v) is 3.37. The fourth-order valence-electron chi connectivity index (χ4n) is 3.37. The Morgan fingerprint density at radius 2 is 1.90 bits per heavy atom. The minimum absolute atomic E-state index is 0.151. The van der Waals surface area contributed by atoms with E-state index < -0.39 is 0 Å². The van der Waals surface area contributed by atoms with Gasteiger partial charge < -0.3 is 10.1 Å². The van der Waals surface area contributed by atoms with E-state index in [0.29, 0.717) is 37.1 Å². The molecule has 0 saturated heterocycles. The van der Waals surface area contributed by atoms with Gasteiger partial charge in [0.05, 0.1) is 0 Å². The van der Waals surface area contributed by atoms with Gasteiger partial charge in [-0.05, 0) is 43.4 Å². The number of anilines is 1. The molecule has 5 nitrogen and oxygen atoms in total. The maximum absolute atomic E-state index is 12.2. The van der Waals surface area contributed by atoms with Crippen molar-refractivity contribution in [3.05, 3.63) is 60.2 Å². The Morgan fingerprint density at radius 1 is 1.10 bits per heavy atom. The molecule has 1 aliphatic rings. The van der Waals surface area contributed by atoms with Gasteiger partial charge in [0.25, 0.3) is 0 Å². The first-order chi connectivity index (χ1) is 14.0. The fraction of sp³-hybridized carbons (Fsp3) is 0.292. The van der Waals surface area contributed by atoms with Gasteiger partial charge in [0.2, 0.25) is 5.91 Å². The van der Waals surface area contributed by atoms with Crippen molar-refractivity contribution < 1.29 is 19.1 Å². The lowest BCUT2D eigenvalue weighted by molar-refractivity contribution is -0.134. The number of allylic oxidation sites excluding steroid dienone is 4. The summed E-state index contributed by atoms with van der Waals surface area (Å²) in [4.78, 5) is 35.2. The van der Waals surface area contributed by atoms with E-state index in [0.717, 1.165) is 29.2 Å². The molecule has 3 rings (SSSR count). The Kier molecular flexibility index (Phi) is 6.95. The van der Waals surface area contributed by atoms with Gasteiger partial charge in [-0.1, -0.05) is 42.5 Å². The van der Waals surface area contributed by atoms with Crippen molar-refractivity contribution in [2.24, 2.45) is 0 Å². The summed E-state index contributed by atoms with van der Waals surface area (Å²) >= 11 is 0. The number of benzene rings is 2. The molecule has 1 aliphatic carbocycles. The number of carbonyl (C=O) groups is 3. The summed E-state index contributed by atoms with van der Waals surface area (Å²) in [6.07, 6.45) is 9.94. The number of nitrogens with one attached hydrogen (secondary N) is 1. The number of ketones is 1. The number of amides is 1. The smallest absolute Gasteiger partial charge is 0.311 e. The van der Waals surface area contributed by atoms with E-state index in [9.17, 15) is 14.4 Å². The number of unbranched alkanes of at least 4 members (excludes halogenated alkanes) is 1. The second-order valence-corrected chi connectivity index (χ2v) is 7.07. The molecule has 29 heavy (non-hydrogen) atoms. The van der Waals surface area contributed by atoms with Crippen molar-refractivity contribution in [2.45, 2.75) is 45.4 Å². The predicted molar refractivity (Wildman–Crippen MR) is 114 cm³/mol. The Balaban J connectivity index is 1.52. The van der Waals surface area contributed by atoms with Crippen LogP contribution in [-0.2, 0) is 14.4 Å². The molecule has 150 valence electrons. The molecule has 0 aliphatic heterocycles. The average molecular weight is 391 g/mol. The third-order valence-corrected chi connectivity index (χ3v) is 4.79. The van der Waals surface area contributed by atoms with E-state index in [-0.39, 0.29) is 17.7 Å². The van der Waals surface area contributed by atoms with E-state index >= 15 is 0 Å². The quantitative estimate of drug-likeness (QED) is 0.294. The van der Waals surface area contributed by atoms with Crippen molar-refractivity contribution >= 4 is 34.1 Å². The number of carbonyl (C=O) groups excluding carboxylic acids is 3. The van der Waals surface area contributed by atoms with E-state index in [1.165, 1.54) is 6.92 Å². The molecule has 0 bridgehead atoms. The highest BCUT2D eigenvalue weighted by atomic mass is 16.5. The van der Waals surface area contributed by atoms with Crippen molar-refractivity contribution in [3.63, 3.8) is 0 Å². The molecule has 5 heteroatoms. The lowest BCUT2D eigenvalue weighted by Crippen LogP contribution is -2.09.